The lowest BCUT2D eigenvalue weighted by molar-refractivity contribution is -0.122. The van der Waals surface area contributed by atoms with E-state index in [0.717, 1.165) is 11.3 Å². The van der Waals surface area contributed by atoms with Gasteiger partial charge in [-0.3, -0.25) is 9.69 Å². The molecule has 0 N–H and O–H groups in total. The molecule has 0 spiro atoms. The first-order valence-corrected chi connectivity index (χ1v) is 12.1. The number of para-hydroxylation sites is 1. The second-order valence-electron chi connectivity index (χ2n) is 8.81. The van der Waals surface area contributed by atoms with Crippen LogP contribution in [0, 0.1) is 0 Å². The Morgan fingerprint density at radius 2 is 1.91 bits per heavy atom. The quantitative estimate of drug-likeness (QED) is 0.393. The molecular weight excluding hydrogens is 430 g/mol. The van der Waals surface area contributed by atoms with E-state index in [1.165, 1.54) is 28.6 Å². The number of rotatable bonds is 6. The number of aliphatic imine (C=N–C) groups is 1. The van der Waals surface area contributed by atoms with Crippen molar-refractivity contribution in [2.75, 3.05) is 31.7 Å². The van der Waals surface area contributed by atoms with Crippen LogP contribution >= 0.6 is 11.8 Å². The highest BCUT2D eigenvalue weighted by atomic mass is 32.2. The molecule has 2 aromatic carbocycles. The third-order valence-electron chi connectivity index (χ3n) is 6.07. The fraction of sp³-hybridized carbons (Fsp3) is 0.333. The van der Waals surface area contributed by atoms with Crippen LogP contribution in [-0.4, -0.2) is 48.3 Å². The van der Waals surface area contributed by atoms with E-state index in [9.17, 15) is 4.79 Å². The molecular formula is C27H31N3O2S. The van der Waals surface area contributed by atoms with Crippen LogP contribution in [0.5, 0.6) is 0 Å². The maximum atomic E-state index is 13.3. The number of ether oxygens (including phenoxy) is 1. The highest BCUT2D eigenvalue weighted by Gasteiger charge is 2.33. The molecule has 0 atom stereocenters. The van der Waals surface area contributed by atoms with Crippen LogP contribution < -0.4 is 4.90 Å². The van der Waals surface area contributed by atoms with E-state index in [1.807, 2.05) is 43.3 Å². The van der Waals surface area contributed by atoms with Crippen LogP contribution in [-0.2, 0) is 9.53 Å². The number of hydrogen-bond donors (Lipinski definition) is 0. The second kappa shape index (κ2) is 9.57. The predicted molar refractivity (Wildman–Crippen MR) is 140 cm³/mol. The molecule has 1 amide bonds. The van der Waals surface area contributed by atoms with Gasteiger partial charge in [-0.05, 0) is 80.9 Å². The minimum Gasteiger partial charge on any atom is -0.380 e. The molecule has 2 aromatic rings. The average Bonchev–Trinajstić information content (AvgIpc) is 3.07. The molecule has 0 aromatic heterocycles. The van der Waals surface area contributed by atoms with Gasteiger partial charge in [-0.2, -0.15) is 0 Å². The topological polar surface area (TPSA) is 45.1 Å². The first kappa shape index (κ1) is 23.3. The number of carbonyl (C=O) groups is 1. The minimum atomic E-state index is -0.0300. The monoisotopic (exact) mass is 461 g/mol. The fourth-order valence-electron chi connectivity index (χ4n) is 4.12. The zero-order chi connectivity index (χ0) is 23.6. The van der Waals surface area contributed by atoms with Gasteiger partial charge in [0.25, 0.3) is 5.91 Å². The fourth-order valence-corrected chi connectivity index (χ4v) is 5.14. The van der Waals surface area contributed by atoms with Crippen molar-refractivity contribution in [2.45, 2.75) is 33.2 Å². The Balaban J connectivity index is 1.66. The van der Waals surface area contributed by atoms with Crippen molar-refractivity contribution < 1.29 is 9.53 Å². The molecule has 33 heavy (non-hydrogen) atoms. The summed E-state index contributed by atoms with van der Waals surface area (Å²) in [6.45, 7) is 10.1. The molecule has 2 aliphatic heterocycles. The maximum absolute atomic E-state index is 13.3. The molecule has 0 saturated carbocycles. The maximum Gasteiger partial charge on any atom is 0.266 e. The van der Waals surface area contributed by atoms with Crippen molar-refractivity contribution in [2.24, 2.45) is 4.99 Å². The van der Waals surface area contributed by atoms with Crippen molar-refractivity contribution in [3.63, 3.8) is 0 Å². The Labute approximate surface area is 200 Å². The molecule has 2 heterocycles. The second-order valence-corrected chi connectivity index (χ2v) is 9.82. The van der Waals surface area contributed by atoms with Gasteiger partial charge in [-0.1, -0.05) is 30.3 Å². The van der Waals surface area contributed by atoms with Crippen LogP contribution in [0.2, 0.25) is 0 Å². The molecule has 1 saturated heterocycles. The Morgan fingerprint density at radius 1 is 1.15 bits per heavy atom. The minimum absolute atomic E-state index is 0.0296. The molecule has 0 aliphatic carbocycles. The summed E-state index contributed by atoms with van der Waals surface area (Å²) in [5.74, 6) is -0.0300. The van der Waals surface area contributed by atoms with Crippen molar-refractivity contribution in [1.82, 2.24) is 4.90 Å². The summed E-state index contributed by atoms with van der Waals surface area (Å²) < 4.78 is 5.51. The largest absolute Gasteiger partial charge is 0.380 e. The highest BCUT2D eigenvalue weighted by Crippen LogP contribution is 2.39. The van der Waals surface area contributed by atoms with E-state index in [1.54, 1.807) is 4.90 Å². The van der Waals surface area contributed by atoms with Gasteiger partial charge < -0.3 is 9.64 Å². The Bertz CT molecular complexity index is 1140. The third-order valence-corrected chi connectivity index (χ3v) is 7.08. The van der Waals surface area contributed by atoms with Crippen LogP contribution in [0.25, 0.3) is 11.6 Å². The molecule has 0 unspecified atom stereocenters. The lowest BCUT2D eigenvalue weighted by Gasteiger charge is -2.40. The van der Waals surface area contributed by atoms with E-state index < -0.39 is 0 Å². The summed E-state index contributed by atoms with van der Waals surface area (Å²) in [6.07, 6.45) is 4.27. The van der Waals surface area contributed by atoms with Crippen molar-refractivity contribution in [1.29, 1.82) is 0 Å². The van der Waals surface area contributed by atoms with Crippen LogP contribution in [0.15, 0.2) is 64.5 Å². The van der Waals surface area contributed by atoms with Gasteiger partial charge in [0.05, 0.1) is 29.3 Å². The summed E-state index contributed by atoms with van der Waals surface area (Å²) in [6, 6.07) is 16.1. The van der Waals surface area contributed by atoms with E-state index >= 15 is 0 Å². The number of amidine groups is 1. The van der Waals surface area contributed by atoms with Crippen molar-refractivity contribution in [3.8, 4) is 0 Å². The van der Waals surface area contributed by atoms with E-state index in [4.69, 9.17) is 9.73 Å². The molecule has 0 radical (unpaired) electrons. The van der Waals surface area contributed by atoms with Gasteiger partial charge in [0, 0.05) is 24.9 Å². The Kier molecular flexibility index (Phi) is 6.77. The Hall–Kier alpha value is -2.83. The lowest BCUT2D eigenvalue weighted by atomic mass is 9.88. The van der Waals surface area contributed by atoms with Crippen molar-refractivity contribution >= 4 is 45.9 Å². The van der Waals surface area contributed by atoms with Crippen LogP contribution in [0.1, 0.15) is 38.8 Å². The molecule has 1 fully saturated rings. The van der Waals surface area contributed by atoms with Gasteiger partial charge in [-0.25, -0.2) is 4.99 Å². The lowest BCUT2D eigenvalue weighted by Crippen LogP contribution is -2.42. The number of hydrogen-bond acceptors (Lipinski definition) is 5. The number of allylic oxidation sites excluding steroid dienone is 1. The third kappa shape index (κ3) is 4.92. The number of fused-ring (bicyclic) bond motifs is 1. The van der Waals surface area contributed by atoms with E-state index in [0.29, 0.717) is 29.8 Å². The summed E-state index contributed by atoms with van der Waals surface area (Å²) in [4.78, 5) is 22.7. The predicted octanol–water partition coefficient (Wildman–Crippen LogP) is 5.96. The molecule has 5 nitrogen and oxygen atoms in total. The molecule has 172 valence electrons. The summed E-state index contributed by atoms with van der Waals surface area (Å²) >= 11 is 1.42. The number of benzene rings is 2. The van der Waals surface area contributed by atoms with Gasteiger partial charge in [-0.15, -0.1) is 0 Å². The number of anilines is 1. The molecule has 0 bridgehead atoms. The Morgan fingerprint density at radius 3 is 2.64 bits per heavy atom. The van der Waals surface area contributed by atoms with Gasteiger partial charge >= 0.3 is 0 Å². The molecule has 2 aliphatic rings. The molecule has 4 rings (SSSR count). The summed E-state index contributed by atoms with van der Waals surface area (Å²) in [7, 11) is 2.12. The number of amides is 1. The van der Waals surface area contributed by atoms with Crippen LogP contribution in [0.4, 0.5) is 11.4 Å². The highest BCUT2D eigenvalue weighted by molar-refractivity contribution is 8.18. The number of thioether (sulfide) groups is 1. The first-order chi connectivity index (χ1) is 15.8. The normalized spacial score (nSPS) is 19.9. The number of carbonyl (C=O) groups excluding carboxylic acids is 1. The number of likely N-dealkylation sites (N-methyl/N-ethyl adjacent to an activating group) is 1. The SMILES string of the molecule is CCOCCN1C(=O)/C(=C\c2ccc3c(c2)C(C)=CC(C)(C)N3C)SC1=Nc1ccccc1. The summed E-state index contributed by atoms with van der Waals surface area (Å²) in [5, 5.41) is 0.688. The standard InChI is InChI=1S/C27H31N3O2S/c1-6-32-15-14-30-25(31)24(33-26(30)28-21-10-8-7-9-11-21)17-20-12-13-23-22(16-20)19(2)18-27(3,4)29(23)5/h7-13,16-18H,6,14-15H2,1-5H3/b24-17+,28-26?. The summed E-state index contributed by atoms with van der Waals surface area (Å²) in [5.41, 5.74) is 5.47. The van der Waals surface area contributed by atoms with E-state index in [-0.39, 0.29) is 11.4 Å². The van der Waals surface area contributed by atoms with E-state index in [2.05, 4.69) is 57.0 Å². The van der Waals surface area contributed by atoms with Gasteiger partial charge in [0.2, 0.25) is 0 Å². The average molecular weight is 462 g/mol. The van der Waals surface area contributed by atoms with Crippen LogP contribution in [0.3, 0.4) is 0 Å². The smallest absolute Gasteiger partial charge is 0.266 e. The first-order valence-electron chi connectivity index (χ1n) is 11.3. The van der Waals surface area contributed by atoms with Gasteiger partial charge in [0.15, 0.2) is 5.17 Å². The van der Waals surface area contributed by atoms with Gasteiger partial charge in [0.1, 0.15) is 0 Å². The zero-order valence-electron chi connectivity index (χ0n) is 20.0. The molecule has 6 heteroatoms. The zero-order valence-corrected chi connectivity index (χ0v) is 20.8. The number of nitrogens with zero attached hydrogens (tertiary/aromatic N) is 3. The van der Waals surface area contributed by atoms with Crippen molar-refractivity contribution in [3.05, 3.63) is 70.6 Å².